The van der Waals surface area contributed by atoms with Crippen molar-refractivity contribution < 1.29 is 24.2 Å². The molecule has 0 radical (unpaired) electrons. The Labute approximate surface area is 99.5 Å². The van der Waals surface area contributed by atoms with Crippen molar-refractivity contribution in [2.75, 3.05) is 33.9 Å². The van der Waals surface area contributed by atoms with E-state index < -0.39 is 12.1 Å². The monoisotopic (exact) mass is 246 g/mol. The number of ether oxygens (including phenoxy) is 2. The summed E-state index contributed by atoms with van der Waals surface area (Å²) < 4.78 is 9.51. The van der Waals surface area contributed by atoms with E-state index in [2.05, 4.69) is 15.4 Å². The Balaban J connectivity index is 2.36. The lowest BCUT2D eigenvalue weighted by Crippen LogP contribution is -2.45. The minimum atomic E-state index is -1.33. The first-order valence-electron chi connectivity index (χ1n) is 5.38. The summed E-state index contributed by atoms with van der Waals surface area (Å²) in [5, 5.41) is 14.8. The molecule has 1 heterocycles. The van der Waals surface area contributed by atoms with Crippen molar-refractivity contribution in [2.45, 2.75) is 12.1 Å². The smallest absolute Gasteiger partial charge is 0.336 e. The zero-order valence-electron chi connectivity index (χ0n) is 9.93. The molecule has 7 heteroatoms. The molecule has 3 N–H and O–H groups in total. The number of rotatable bonds is 5. The first-order valence-corrected chi connectivity index (χ1v) is 5.38. The molecule has 1 aliphatic heterocycles. The standard InChI is InChI=1S/C10H18N2O5/c1-11-7-5-17-4-6(7)9(14)12-3-8(13)10(15)16-2/h6-8,11,13H,3-5H2,1-2H3,(H,12,14). The number of methoxy groups -OCH3 is 1. The number of hydrogen-bond donors (Lipinski definition) is 3. The molecule has 0 spiro atoms. The summed E-state index contributed by atoms with van der Waals surface area (Å²) in [5.74, 6) is -1.31. The van der Waals surface area contributed by atoms with Gasteiger partial charge in [-0.25, -0.2) is 4.79 Å². The van der Waals surface area contributed by atoms with Gasteiger partial charge in [-0.3, -0.25) is 4.79 Å². The Morgan fingerprint density at radius 1 is 1.53 bits per heavy atom. The molecule has 1 rings (SSSR count). The number of esters is 1. The van der Waals surface area contributed by atoms with E-state index in [4.69, 9.17) is 4.74 Å². The van der Waals surface area contributed by atoms with Crippen molar-refractivity contribution in [3.05, 3.63) is 0 Å². The van der Waals surface area contributed by atoms with E-state index in [1.54, 1.807) is 7.05 Å². The summed E-state index contributed by atoms with van der Waals surface area (Å²) in [6.45, 7) is 0.665. The Morgan fingerprint density at radius 2 is 2.24 bits per heavy atom. The van der Waals surface area contributed by atoms with Crippen LogP contribution in [0.25, 0.3) is 0 Å². The van der Waals surface area contributed by atoms with Gasteiger partial charge in [0.15, 0.2) is 6.10 Å². The Morgan fingerprint density at radius 3 is 2.82 bits per heavy atom. The second-order valence-electron chi connectivity index (χ2n) is 3.82. The fraction of sp³-hybridized carbons (Fsp3) is 0.800. The van der Waals surface area contributed by atoms with Crippen LogP contribution in [0, 0.1) is 5.92 Å². The van der Waals surface area contributed by atoms with Crippen LogP contribution in [0.2, 0.25) is 0 Å². The maximum Gasteiger partial charge on any atom is 0.336 e. The highest BCUT2D eigenvalue weighted by Crippen LogP contribution is 2.13. The largest absolute Gasteiger partial charge is 0.467 e. The molecular formula is C10H18N2O5. The second kappa shape index (κ2) is 6.53. The van der Waals surface area contributed by atoms with Crippen molar-refractivity contribution in [2.24, 2.45) is 5.92 Å². The van der Waals surface area contributed by atoms with Gasteiger partial charge in [-0.05, 0) is 7.05 Å². The minimum absolute atomic E-state index is 0.0368. The lowest BCUT2D eigenvalue weighted by atomic mass is 10.0. The zero-order valence-corrected chi connectivity index (χ0v) is 9.93. The molecule has 1 fully saturated rings. The summed E-state index contributed by atoms with van der Waals surface area (Å²) in [6, 6.07) is -0.0368. The van der Waals surface area contributed by atoms with Gasteiger partial charge >= 0.3 is 5.97 Å². The number of likely N-dealkylation sites (N-methyl/N-ethyl adjacent to an activating group) is 1. The molecule has 3 unspecified atom stereocenters. The molecule has 7 nitrogen and oxygen atoms in total. The highest BCUT2D eigenvalue weighted by Gasteiger charge is 2.33. The van der Waals surface area contributed by atoms with Gasteiger partial charge in [0.2, 0.25) is 5.91 Å². The minimum Gasteiger partial charge on any atom is -0.467 e. The summed E-state index contributed by atoms with van der Waals surface area (Å²) in [7, 11) is 2.93. The van der Waals surface area contributed by atoms with Gasteiger partial charge in [0.05, 0.1) is 32.8 Å². The van der Waals surface area contributed by atoms with E-state index in [9.17, 15) is 14.7 Å². The molecule has 1 amide bonds. The topological polar surface area (TPSA) is 96.9 Å². The second-order valence-corrected chi connectivity index (χ2v) is 3.82. The van der Waals surface area contributed by atoms with Crippen LogP contribution >= 0.6 is 0 Å². The number of aliphatic hydroxyl groups excluding tert-OH is 1. The highest BCUT2D eigenvalue weighted by molar-refractivity contribution is 5.81. The molecule has 0 bridgehead atoms. The van der Waals surface area contributed by atoms with Crippen LogP contribution in [-0.2, 0) is 19.1 Å². The molecule has 0 saturated carbocycles. The lowest BCUT2D eigenvalue weighted by Gasteiger charge is -2.17. The summed E-state index contributed by atoms with van der Waals surface area (Å²) in [6.07, 6.45) is -1.33. The van der Waals surface area contributed by atoms with Gasteiger partial charge in [0.25, 0.3) is 0 Å². The van der Waals surface area contributed by atoms with E-state index in [-0.39, 0.29) is 24.4 Å². The van der Waals surface area contributed by atoms with E-state index >= 15 is 0 Å². The Kier molecular flexibility index (Phi) is 5.33. The van der Waals surface area contributed by atoms with Gasteiger partial charge < -0.3 is 25.2 Å². The van der Waals surface area contributed by atoms with E-state index in [1.165, 1.54) is 7.11 Å². The number of carbonyl (C=O) groups is 2. The van der Waals surface area contributed by atoms with Gasteiger partial charge in [-0.1, -0.05) is 0 Å². The normalized spacial score (nSPS) is 25.4. The van der Waals surface area contributed by atoms with E-state index in [1.807, 2.05) is 0 Å². The van der Waals surface area contributed by atoms with Gasteiger partial charge in [-0.15, -0.1) is 0 Å². The molecule has 0 aromatic heterocycles. The molecule has 0 aromatic rings. The zero-order chi connectivity index (χ0) is 12.8. The third-order valence-corrected chi connectivity index (χ3v) is 2.73. The summed E-state index contributed by atoms with van der Waals surface area (Å²) in [5.41, 5.74) is 0. The van der Waals surface area contributed by atoms with Crippen LogP contribution in [0.5, 0.6) is 0 Å². The summed E-state index contributed by atoms with van der Waals surface area (Å²) >= 11 is 0. The van der Waals surface area contributed by atoms with Crippen LogP contribution in [0.1, 0.15) is 0 Å². The fourth-order valence-corrected chi connectivity index (χ4v) is 1.64. The van der Waals surface area contributed by atoms with Crippen LogP contribution in [0.15, 0.2) is 0 Å². The van der Waals surface area contributed by atoms with Crippen LogP contribution < -0.4 is 10.6 Å². The molecule has 3 atom stereocenters. The fourth-order valence-electron chi connectivity index (χ4n) is 1.64. The molecular weight excluding hydrogens is 228 g/mol. The lowest BCUT2D eigenvalue weighted by molar-refractivity contribution is -0.150. The van der Waals surface area contributed by atoms with Crippen molar-refractivity contribution in [3.63, 3.8) is 0 Å². The van der Waals surface area contributed by atoms with Crippen molar-refractivity contribution in [3.8, 4) is 0 Å². The van der Waals surface area contributed by atoms with Crippen molar-refractivity contribution in [1.29, 1.82) is 0 Å². The number of hydrogen-bond acceptors (Lipinski definition) is 6. The maximum atomic E-state index is 11.7. The van der Waals surface area contributed by atoms with Gasteiger partial charge in [0.1, 0.15) is 0 Å². The maximum absolute atomic E-state index is 11.7. The first kappa shape index (κ1) is 13.9. The summed E-state index contributed by atoms with van der Waals surface area (Å²) in [4.78, 5) is 22.6. The van der Waals surface area contributed by atoms with E-state index in [0.29, 0.717) is 13.2 Å². The molecule has 17 heavy (non-hydrogen) atoms. The van der Waals surface area contributed by atoms with Crippen LogP contribution in [0.3, 0.4) is 0 Å². The average molecular weight is 246 g/mol. The Bertz CT molecular complexity index is 284. The molecule has 0 aromatic carbocycles. The third-order valence-electron chi connectivity index (χ3n) is 2.73. The quantitative estimate of drug-likeness (QED) is 0.480. The molecule has 1 saturated heterocycles. The third kappa shape index (κ3) is 3.65. The molecule has 0 aliphatic carbocycles. The molecule has 1 aliphatic rings. The van der Waals surface area contributed by atoms with Crippen molar-refractivity contribution >= 4 is 11.9 Å². The number of aliphatic hydroxyl groups is 1. The van der Waals surface area contributed by atoms with Crippen LogP contribution in [-0.4, -0.2) is 63.0 Å². The predicted molar refractivity (Wildman–Crippen MR) is 58.2 cm³/mol. The SMILES string of the molecule is CNC1COCC1C(=O)NCC(O)C(=O)OC. The van der Waals surface area contributed by atoms with Gasteiger partial charge in [0, 0.05) is 6.04 Å². The Hall–Kier alpha value is -1.18. The molecule has 98 valence electrons. The number of amides is 1. The van der Waals surface area contributed by atoms with Crippen molar-refractivity contribution in [1.82, 2.24) is 10.6 Å². The number of nitrogens with one attached hydrogen (secondary N) is 2. The van der Waals surface area contributed by atoms with Crippen LogP contribution in [0.4, 0.5) is 0 Å². The highest BCUT2D eigenvalue weighted by atomic mass is 16.5. The van der Waals surface area contributed by atoms with E-state index in [0.717, 1.165) is 0 Å². The van der Waals surface area contributed by atoms with Gasteiger partial charge in [-0.2, -0.15) is 0 Å². The number of carbonyl (C=O) groups excluding carboxylic acids is 2. The first-order chi connectivity index (χ1) is 8.10. The predicted octanol–water partition coefficient (Wildman–Crippen LogP) is -2.13. The average Bonchev–Trinajstić information content (AvgIpc) is 2.82.